The summed E-state index contributed by atoms with van der Waals surface area (Å²) in [5.74, 6) is 0.659. The van der Waals surface area contributed by atoms with Crippen LogP contribution < -0.4 is 29.7 Å². The molecule has 2 aromatic carbocycles. The van der Waals surface area contributed by atoms with Gasteiger partial charge in [-0.3, -0.25) is 9.59 Å². The first-order chi connectivity index (χ1) is 17.3. The van der Waals surface area contributed by atoms with Gasteiger partial charge in [-0.15, -0.1) is 0 Å². The quantitative estimate of drug-likeness (QED) is 0.575. The molecule has 0 saturated carbocycles. The fourth-order valence-corrected chi connectivity index (χ4v) is 5.13. The second kappa shape index (κ2) is 10.6. The molecule has 2 heterocycles. The Balaban J connectivity index is 1.38. The molecule has 0 aromatic heterocycles. The van der Waals surface area contributed by atoms with Gasteiger partial charge in [0.2, 0.25) is 11.7 Å². The molecule has 2 aliphatic heterocycles. The number of amides is 2. The molecule has 2 aromatic rings. The highest BCUT2D eigenvalue weighted by Crippen LogP contribution is 2.38. The average molecular weight is 501 g/mol. The minimum absolute atomic E-state index is 0.0184. The van der Waals surface area contributed by atoms with Crippen LogP contribution in [0.4, 0.5) is 10.1 Å². The molecule has 1 atom stereocenters. The Morgan fingerprint density at radius 1 is 1.11 bits per heavy atom. The molecule has 10 heteroatoms. The molecule has 0 radical (unpaired) electrons. The highest BCUT2D eigenvalue weighted by Gasteiger charge is 2.50. The third kappa shape index (κ3) is 4.90. The molecule has 2 amide bonds. The van der Waals surface area contributed by atoms with Crippen molar-refractivity contribution in [2.45, 2.75) is 31.3 Å². The summed E-state index contributed by atoms with van der Waals surface area (Å²) in [6.45, 7) is 4.31. The van der Waals surface area contributed by atoms with Crippen molar-refractivity contribution >= 4 is 17.5 Å². The number of rotatable bonds is 8. The molecular weight excluding hydrogens is 467 g/mol. The lowest BCUT2D eigenvalue weighted by molar-refractivity contribution is -0.125. The van der Waals surface area contributed by atoms with Gasteiger partial charge >= 0.3 is 0 Å². The normalized spacial score (nSPS) is 18.0. The predicted octanol–water partition coefficient (Wildman–Crippen LogP) is 2.40. The fourth-order valence-electron chi connectivity index (χ4n) is 5.13. The van der Waals surface area contributed by atoms with Crippen LogP contribution in [-0.4, -0.2) is 75.9 Å². The highest BCUT2D eigenvalue weighted by molar-refractivity contribution is 5.96. The molecule has 0 unspecified atom stereocenters. The van der Waals surface area contributed by atoms with Crippen LogP contribution >= 0.6 is 0 Å². The Hall–Kier alpha value is -3.53. The van der Waals surface area contributed by atoms with Gasteiger partial charge in [0.25, 0.3) is 5.91 Å². The third-order valence-electron chi connectivity index (χ3n) is 6.98. The number of anilines is 1. The number of methoxy groups -OCH3 is 3. The number of nitrogens with one attached hydrogen (secondary N) is 2. The number of halogens is 1. The maximum absolute atomic E-state index is 13.8. The first-order valence-corrected chi connectivity index (χ1v) is 12.0. The van der Waals surface area contributed by atoms with E-state index in [4.69, 9.17) is 14.2 Å². The summed E-state index contributed by atoms with van der Waals surface area (Å²) in [6, 6.07) is 9.46. The van der Waals surface area contributed by atoms with E-state index in [0.717, 1.165) is 0 Å². The van der Waals surface area contributed by atoms with Crippen LogP contribution in [0, 0.1) is 5.82 Å². The fraction of sp³-hybridized carbons (Fsp3) is 0.462. The topological polar surface area (TPSA) is 92.4 Å². The van der Waals surface area contributed by atoms with E-state index in [9.17, 15) is 14.0 Å². The molecule has 1 spiro atoms. The number of carbonyl (C=O) groups excluding carboxylic acids is 2. The number of benzene rings is 2. The highest BCUT2D eigenvalue weighted by atomic mass is 19.1. The first-order valence-electron chi connectivity index (χ1n) is 12.0. The van der Waals surface area contributed by atoms with Gasteiger partial charge in [0.15, 0.2) is 11.5 Å². The third-order valence-corrected chi connectivity index (χ3v) is 6.98. The van der Waals surface area contributed by atoms with Crippen LogP contribution in [0.2, 0.25) is 0 Å². The van der Waals surface area contributed by atoms with Gasteiger partial charge in [-0.1, -0.05) is 6.07 Å². The summed E-state index contributed by atoms with van der Waals surface area (Å²) in [7, 11) is 4.52. The zero-order valence-electron chi connectivity index (χ0n) is 21.1. The first kappa shape index (κ1) is 25.6. The van der Waals surface area contributed by atoms with Gasteiger partial charge < -0.3 is 34.6 Å². The Kier molecular flexibility index (Phi) is 7.53. The van der Waals surface area contributed by atoms with Crippen LogP contribution in [0.3, 0.4) is 0 Å². The van der Waals surface area contributed by atoms with Crippen molar-refractivity contribution in [3.8, 4) is 17.2 Å². The van der Waals surface area contributed by atoms with Crippen molar-refractivity contribution in [1.29, 1.82) is 0 Å². The van der Waals surface area contributed by atoms with Gasteiger partial charge in [0, 0.05) is 36.9 Å². The average Bonchev–Trinajstić information content (AvgIpc) is 3.19. The minimum Gasteiger partial charge on any atom is -0.493 e. The predicted molar refractivity (Wildman–Crippen MR) is 133 cm³/mol. The molecule has 2 aliphatic rings. The SMILES string of the molecule is COc1cc(C(=O)N[C@@H](C)CN2CCC3(CC2)C(=O)NCN3c2cccc(F)c2)cc(OC)c1OC. The monoisotopic (exact) mass is 500 g/mol. The molecule has 0 bridgehead atoms. The van der Waals surface area contributed by atoms with Crippen molar-refractivity contribution in [2.75, 3.05) is 52.5 Å². The van der Waals surface area contributed by atoms with Crippen molar-refractivity contribution in [1.82, 2.24) is 15.5 Å². The van der Waals surface area contributed by atoms with Gasteiger partial charge in [-0.2, -0.15) is 0 Å². The standard InChI is InChI=1S/C26H33FN4O5/c1-17(29-24(32)18-12-21(34-2)23(36-4)22(13-18)35-3)15-30-10-8-26(9-11-30)25(33)28-16-31(26)20-7-5-6-19(27)14-20/h5-7,12-14,17H,8-11,15-16H2,1-4H3,(H,28,33)(H,29,32)/t17-/m0/s1. The number of ether oxygens (including phenoxy) is 3. The molecule has 9 nitrogen and oxygen atoms in total. The van der Waals surface area contributed by atoms with Gasteiger partial charge in [-0.05, 0) is 50.1 Å². The van der Waals surface area contributed by atoms with Gasteiger partial charge in [-0.25, -0.2) is 4.39 Å². The summed E-state index contributed by atoms with van der Waals surface area (Å²) < 4.78 is 29.9. The van der Waals surface area contributed by atoms with Crippen molar-refractivity contribution in [2.24, 2.45) is 0 Å². The summed E-state index contributed by atoms with van der Waals surface area (Å²) in [5.41, 5.74) is 0.419. The van der Waals surface area contributed by atoms with Crippen molar-refractivity contribution in [3.63, 3.8) is 0 Å². The lowest BCUT2D eigenvalue weighted by Crippen LogP contribution is -2.57. The Morgan fingerprint density at radius 3 is 2.36 bits per heavy atom. The van der Waals surface area contributed by atoms with Crippen molar-refractivity contribution < 1.29 is 28.2 Å². The molecule has 2 saturated heterocycles. The molecular formula is C26H33FN4O5. The smallest absolute Gasteiger partial charge is 0.251 e. The zero-order valence-corrected chi connectivity index (χ0v) is 21.1. The Bertz CT molecular complexity index is 1090. The summed E-state index contributed by atoms with van der Waals surface area (Å²) in [6.07, 6.45) is 1.23. The summed E-state index contributed by atoms with van der Waals surface area (Å²) in [5, 5.41) is 5.96. The Labute approximate surface area is 210 Å². The molecule has 0 aliphatic carbocycles. The lowest BCUT2D eigenvalue weighted by atomic mass is 9.85. The molecule has 2 N–H and O–H groups in total. The molecule has 194 valence electrons. The van der Waals surface area contributed by atoms with Crippen LogP contribution in [-0.2, 0) is 4.79 Å². The van der Waals surface area contributed by atoms with E-state index in [0.29, 0.717) is 67.6 Å². The number of carbonyl (C=O) groups is 2. The van der Waals surface area contributed by atoms with Gasteiger partial charge in [0.1, 0.15) is 11.4 Å². The summed E-state index contributed by atoms with van der Waals surface area (Å²) >= 11 is 0. The number of hydrogen-bond acceptors (Lipinski definition) is 7. The van der Waals surface area contributed by atoms with E-state index in [-0.39, 0.29) is 23.7 Å². The number of piperidine rings is 1. The van der Waals surface area contributed by atoms with E-state index in [1.807, 2.05) is 17.9 Å². The van der Waals surface area contributed by atoms with E-state index < -0.39 is 5.54 Å². The van der Waals surface area contributed by atoms with Crippen LogP contribution in [0.5, 0.6) is 17.2 Å². The molecule has 36 heavy (non-hydrogen) atoms. The second-order valence-corrected chi connectivity index (χ2v) is 9.19. The molecule has 4 rings (SSSR count). The maximum Gasteiger partial charge on any atom is 0.251 e. The minimum atomic E-state index is -0.688. The van der Waals surface area contributed by atoms with E-state index >= 15 is 0 Å². The van der Waals surface area contributed by atoms with Gasteiger partial charge in [0.05, 0.1) is 28.0 Å². The zero-order chi connectivity index (χ0) is 25.9. The number of likely N-dealkylation sites (tertiary alicyclic amines) is 1. The summed E-state index contributed by atoms with van der Waals surface area (Å²) in [4.78, 5) is 30.0. The largest absolute Gasteiger partial charge is 0.493 e. The van der Waals surface area contributed by atoms with Crippen LogP contribution in [0.15, 0.2) is 36.4 Å². The van der Waals surface area contributed by atoms with Crippen LogP contribution in [0.25, 0.3) is 0 Å². The Morgan fingerprint density at radius 2 is 1.78 bits per heavy atom. The number of nitrogens with zero attached hydrogens (tertiary/aromatic N) is 2. The lowest BCUT2D eigenvalue weighted by Gasteiger charge is -2.43. The van der Waals surface area contributed by atoms with E-state index in [1.54, 1.807) is 18.2 Å². The maximum atomic E-state index is 13.8. The molecule has 2 fully saturated rings. The number of hydrogen-bond donors (Lipinski definition) is 2. The van der Waals surface area contributed by atoms with E-state index in [2.05, 4.69) is 15.5 Å². The second-order valence-electron chi connectivity index (χ2n) is 9.19. The van der Waals surface area contributed by atoms with E-state index in [1.165, 1.54) is 33.5 Å². The van der Waals surface area contributed by atoms with Crippen molar-refractivity contribution in [3.05, 3.63) is 47.8 Å². The van der Waals surface area contributed by atoms with Crippen LogP contribution in [0.1, 0.15) is 30.1 Å².